The third-order valence-electron chi connectivity index (χ3n) is 2.84. The van der Waals surface area contributed by atoms with Crippen molar-refractivity contribution in [2.75, 3.05) is 6.61 Å². The summed E-state index contributed by atoms with van der Waals surface area (Å²) in [6.45, 7) is 4.20. The van der Waals surface area contributed by atoms with Gasteiger partial charge in [0.15, 0.2) is 0 Å². The molecule has 20 heavy (non-hydrogen) atoms. The fourth-order valence-electron chi connectivity index (χ4n) is 1.71. The maximum Gasteiger partial charge on any atom is 0.302 e. The Kier molecular flexibility index (Phi) is 14.7. The Morgan fingerprint density at radius 1 is 0.850 bits per heavy atom. The van der Waals surface area contributed by atoms with Crippen LogP contribution in [0.2, 0.25) is 0 Å². The van der Waals surface area contributed by atoms with Crippen molar-refractivity contribution in [1.82, 2.24) is 0 Å². The van der Waals surface area contributed by atoms with Crippen LogP contribution in [0.1, 0.15) is 65.2 Å². The molecule has 0 aromatic heterocycles. The molecule has 0 spiro atoms. The van der Waals surface area contributed by atoms with Crippen LogP contribution in [0.5, 0.6) is 0 Å². The Hall–Kier alpha value is -1.31. The fraction of sp³-hybridized carbons (Fsp3) is 0.611. The maximum absolute atomic E-state index is 10.5. The third kappa shape index (κ3) is 16.7. The molecular weight excluding hydrogens is 248 g/mol. The van der Waals surface area contributed by atoms with Gasteiger partial charge in [-0.05, 0) is 38.5 Å². The van der Waals surface area contributed by atoms with E-state index < -0.39 is 0 Å². The minimum Gasteiger partial charge on any atom is -0.466 e. The van der Waals surface area contributed by atoms with Crippen molar-refractivity contribution in [3.63, 3.8) is 0 Å². The van der Waals surface area contributed by atoms with Crippen molar-refractivity contribution in [2.24, 2.45) is 0 Å². The number of esters is 1. The second kappa shape index (κ2) is 15.7. The number of rotatable bonds is 12. The van der Waals surface area contributed by atoms with Gasteiger partial charge in [0.1, 0.15) is 0 Å². The summed E-state index contributed by atoms with van der Waals surface area (Å²) in [7, 11) is 0. The largest absolute Gasteiger partial charge is 0.466 e. The monoisotopic (exact) mass is 278 g/mol. The molecule has 0 aromatic rings. The molecule has 0 bridgehead atoms. The van der Waals surface area contributed by atoms with Gasteiger partial charge in [-0.3, -0.25) is 4.79 Å². The van der Waals surface area contributed by atoms with Crippen molar-refractivity contribution < 1.29 is 9.53 Å². The molecule has 114 valence electrons. The normalized spacial score (nSPS) is 11.9. The van der Waals surface area contributed by atoms with E-state index in [1.54, 1.807) is 0 Å². The average molecular weight is 278 g/mol. The Balaban J connectivity index is 3.32. The Morgan fingerprint density at radius 2 is 1.45 bits per heavy atom. The van der Waals surface area contributed by atoms with E-state index in [0.717, 1.165) is 25.7 Å². The van der Waals surface area contributed by atoms with Crippen LogP contribution in [0.4, 0.5) is 0 Å². The second-order valence-electron chi connectivity index (χ2n) is 4.88. The van der Waals surface area contributed by atoms with E-state index in [9.17, 15) is 4.79 Å². The Morgan fingerprint density at radius 3 is 2.15 bits per heavy atom. The predicted molar refractivity (Wildman–Crippen MR) is 86.7 cm³/mol. The topological polar surface area (TPSA) is 26.3 Å². The van der Waals surface area contributed by atoms with Crippen molar-refractivity contribution in [3.8, 4) is 0 Å². The van der Waals surface area contributed by atoms with Crippen LogP contribution in [-0.4, -0.2) is 12.6 Å². The lowest BCUT2D eigenvalue weighted by atomic mass is 10.2. The summed E-state index contributed by atoms with van der Waals surface area (Å²) in [6, 6.07) is 0. The molecule has 2 heteroatoms. The number of allylic oxidation sites excluding steroid dienone is 6. The molecule has 0 heterocycles. The SMILES string of the molecule is CCCCC/C=C\CC/C=C/C=C/CCCOC(C)=O. The molecule has 0 saturated heterocycles. The Labute approximate surface area is 124 Å². The summed E-state index contributed by atoms with van der Waals surface area (Å²) in [5.74, 6) is -0.198. The van der Waals surface area contributed by atoms with Crippen LogP contribution < -0.4 is 0 Å². The lowest BCUT2D eigenvalue weighted by Crippen LogP contribution is -1.99. The number of ether oxygens (including phenoxy) is 1. The first-order chi connectivity index (χ1) is 9.77. The summed E-state index contributed by atoms with van der Waals surface area (Å²) >= 11 is 0. The van der Waals surface area contributed by atoms with E-state index in [-0.39, 0.29) is 5.97 Å². The highest BCUT2D eigenvalue weighted by molar-refractivity contribution is 5.65. The van der Waals surface area contributed by atoms with Gasteiger partial charge in [-0.15, -0.1) is 0 Å². The molecule has 0 saturated carbocycles. The van der Waals surface area contributed by atoms with E-state index in [0.29, 0.717) is 6.61 Å². The quantitative estimate of drug-likeness (QED) is 0.208. The van der Waals surface area contributed by atoms with Crippen LogP contribution in [0.15, 0.2) is 36.5 Å². The van der Waals surface area contributed by atoms with E-state index in [2.05, 4.69) is 43.4 Å². The van der Waals surface area contributed by atoms with Gasteiger partial charge in [-0.25, -0.2) is 0 Å². The molecular formula is C18H30O2. The average Bonchev–Trinajstić information content (AvgIpc) is 2.43. The lowest BCUT2D eigenvalue weighted by molar-refractivity contribution is -0.141. The van der Waals surface area contributed by atoms with Gasteiger partial charge in [0.2, 0.25) is 0 Å². The van der Waals surface area contributed by atoms with Crippen molar-refractivity contribution in [3.05, 3.63) is 36.5 Å². The van der Waals surface area contributed by atoms with Gasteiger partial charge in [-0.2, -0.15) is 0 Å². The van der Waals surface area contributed by atoms with Crippen molar-refractivity contribution in [1.29, 1.82) is 0 Å². The molecule has 2 nitrogen and oxygen atoms in total. The van der Waals surface area contributed by atoms with Gasteiger partial charge in [0.05, 0.1) is 6.61 Å². The zero-order valence-corrected chi connectivity index (χ0v) is 13.1. The highest BCUT2D eigenvalue weighted by Crippen LogP contribution is 2.01. The zero-order chi connectivity index (χ0) is 14.9. The Bertz CT molecular complexity index is 301. The highest BCUT2D eigenvalue weighted by atomic mass is 16.5. The van der Waals surface area contributed by atoms with Crippen LogP contribution in [0, 0.1) is 0 Å². The third-order valence-corrected chi connectivity index (χ3v) is 2.84. The minimum atomic E-state index is -0.198. The highest BCUT2D eigenvalue weighted by Gasteiger charge is 1.89. The maximum atomic E-state index is 10.5. The number of carbonyl (C=O) groups excluding carboxylic acids is 1. The number of hydrogen-bond acceptors (Lipinski definition) is 2. The molecule has 0 aliphatic carbocycles. The van der Waals surface area contributed by atoms with Crippen LogP contribution >= 0.6 is 0 Å². The van der Waals surface area contributed by atoms with Gasteiger partial charge in [-0.1, -0.05) is 56.2 Å². The van der Waals surface area contributed by atoms with Gasteiger partial charge in [0, 0.05) is 6.92 Å². The standard InChI is InChI=1S/C18H30O2/c1-3-4-5-6-7-8-9-10-11-12-13-14-15-16-17-20-18(2)19/h7-8,11-14H,3-6,9-10,15-17H2,1-2H3/b8-7-,12-11+,14-13+. The molecule has 0 fully saturated rings. The second-order valence-corrected chi connectivity index (χ2v) is 4.88. The van der Waals surface area contributed by atoms with Gasteiger partial charge in [0.25, 0.3) is 0 Å². The summed E-state index contributed by atoms with van der Waals surface area (Å²) in [5.41, 5.74) is 0. The minimum absolute atomic E-state index is 0.198. The van der Waals surface area contributed by atoms with Gasteiger partial charge >= 0.3 is 5.97 Å². The first-order valence-corrected chi connectivity index (χ1v) is 7.87. The van der Waals surface area contributed by atoms with Crippen molar-refractivity contribution in [2.45, 2.75) is 65.2 Å². The summed E-state index contributed by atoms with van der Waals surface area (Å²) in [6.07, 6.45) is 22.3. The first-order valence-electron chi connectivity index (χ1n) is 7.87. The molecule has 0 atom stereocenters. The molecule has 0 aliphatic rings. The molecule has 0 radical (unpaired) electrons. The summed E-state index contributed by atoms with van der Waals surface area (Å²) in [5, 5.41) is 0. The van der Waals surface area contributed by atoms with Gasteiger partial charge < -0.3 is 4.74 Å². The first kappa shape index (κ1) is 18.7. The van der Waals surface area contributed by atoms with Crippen LogP contribution in [0.25, 0.3) is 0 Å². The van der Waals surface area contributed by atoms with Crippen LogP contribution in [-0.2, 0) is 9.53 Å². The molecule has 0 amide bonds. The molecule has 0 aliphatic heterocycles. The zero-order valence-electron chi connectivity index (χ0n) is 13.1. The molecule has 0 aromatic carbocycles. The van der Waals surface area contributed by atoms with Crippen LogP contribution in [0.3, 0.4) is 0 Å². The summed E-state index contributed by atoms with van der Waals surface area (Å²) < 4.78 is 4.85. The molecule has 0 N–H and O–H groups in total. The van der Waals surface area contributed by atoms with E-state index >= 15 is 0 Å². The molecule has 0 unspecified atom stereocenters. The number of hydrogen-bond donors (Lipinski definition) is 0. The smallest absolute Gasteiger partial charge is 0.302 e. The predicted octanol–water partition coefficient (Wildman–Crippen LogP) is 5.36. The fourth-order valence-corrected chi connectivity index (χ4v) is 1.71. The van der Waals surface area contributed by atoms with E-state index in [1.807, 2.05) is 0 Å². The van der Waals surface area contributed by atoms with E-state index in [4.69, 9.17) is 4.74 Å². The lowest BCUT2D eigenvalue weighted by Gasteiger charge is -1.97. The molecule has 0 rings (SSSR count). The van der Waals surface area contributed by atoms with E-state index in [1.165, 1.54) is 32.6 Å². The number of carbonyl (C=O) groups is 1. The summed E-state index contributed by atoms with van der Waals surface area (Å²) in [4.78, 5) is 10.5. The van der Waals surface area contributed by atoms with Crippen molar-refractivity contribution >= 4 is 5.97 Å². The number of unbranched alkanes of at least 4 members (excludes halogenated alkanes) is 5.